The molecule has 2 aromatic rings. The minimum absolute atomic E-state index is 0.110. The Hall–Kier alpha value is -2.21. The molecule has 0 aliphatic carbocycles. The van der Waals surface area contributed by atoms with Crippen molar-refractivity contribution in [3.05, 3.63) is 53.5 Å². The second-order valence-electron chi connectivity index (χ2n) is 6.19. The van der Waals surface area contributed by atoms with E-state index in [-0.39, 0.29) is 11.8 Å². The Morgan fingerprint density at radius 1 is 1.04 bits per heavy atom. The fraction of sp³-hybridized carbons (Fsp3) is 0.368. The number of hydrogen-bond donors (Lipinski definition) is 0. The lowest BCUT2D eigenvalue weighted by Crippen LogP contribution is -2.51. The Labute approximate surface area is 152 Å². The van der Waals surface area contributed by atoms with Crippen LogP contribution in [-0.4, -0.2) is 53.5 Å². The standard InChI is InChI=1S/C19H22N2O3S/c1-14-5-6-16(12-15(14)2)25-13-18(22)20-7-9-21(10-8-20)19(23)17-4-3-11-24-17/h3-6,11-12H,7-10,13H2,1-2H3. The fourth-order valence-corrected chi connectivity index (χ4v) is 3.65. The summed E-state index contributed by atoms with van der Waals surface area (Å²) in [6, 6.07) is 9.63. The Balaban J connectivity index is 1.48. The number of hydrogen-bond acceptors (Lipinski definition) is 4. The monoisotopic (exact) mass is 358 g/mol. The number of nitrogens with zero attached hydrogens (tertiary/aromatic N) is 2. The van der Waals surface area contributed by atoms with Gasteiger partial charge in [-0.05, 0) is 49.2 Å². The molecule has 0 radical (unpaired) electrons. The maximum atomic E-state index is 12.4. The van der Waals surface area contributed by atoms with E-state index in [1.54, 1.807) is 28.8 Å². The zero-order valence-electron chi connectivity index (χ0n) is 14.5. The third-order valence-electron chi connectivity index (χ3n) is 4.49. The molecule has 0 spiro atoms. The first-order valence-electron chi connectivity index (χ1n) is 8.35. The lowest BCUT2D eigenvalue weighted by Gasteiger charge is -2.34. The van der Waals surface area contributed by atoms with Crippen LogP contribution in [-0.2, 0) is 4.79 Å². The van der Waals surface area contributed by atoms with E-state index in [4.69, 9.17) is 4.42 Å². The maximum Gasteiger partial charge on any atom is 0.289 e. The van der Waals surface area contributed by atoms with Crippen molar-refractivity contribution >= 4 is 23.6 Å². The van der Waals surface area contributed by atoms with Gasteiger partial charge in [-0.3, -0.25) is 9.59 Å². The molecule has 0 saturated carbocycles. The number of aryl methyl sites for hydroxylation is 2. The predicted octanol–water partition coefficient (Wildman–Crippen LogP) is 2.97. The average Bonchev–Trinajstić information content (AvgIpc) is 3.16. The van der Waals surface area contributed by atoms with E-state index in [2.05, 4.69) is 32.0 Å². The zero-order chi connectivity index (χ0) is 17.8. The summed E-state index contributed by atoms with van der Waals surface area (Å²) in [4.78, 5) is 29.3. The van der Waals surface area contributed by atoms with E-state index in [1.165, 1.54) is 17.4 Å². The van der Waals surface area contributed by atoms with Gasteiger partial charge in [-0.15, -0.1) is 11.8 Å². The van der Waals surface area contributed by atoms with Gasteiger partial charge in [0, 0.05) is 31.1 Å². The largest absolute Gasteiger partial charge is 0.459 e. The van der Waals surface area contributed by atoms with Crippen LogP contribution in [0.25, 0.3) is 0 Å². The molecule has 2 amide bonds. The van der Waals surface area contributed by atoms with Crippen molar-refractivity contribution < 1.29 is 14.0 Å². The minimum Gasteiger partial charge on any atom is -0.459 e. The SMILES string of the molecule is Cc1ccc(SCC(=O)N2CCN(C(=O)c3ccco3)CC2)cc1C. The first kappa shape index (κ1) is 17.6. The quantitative estimate of drug-likeness (QED) is 0.789. The van der Waals surface area contributed by atoms with Crippen LogP contribution in [0.5, 0.6) is 0 Å². The van der Waals surface area contributed by atoms with Gasteiger partial charge in [0.05, 0.1) is 12.0 Å². The maximum absolute atomic E-state index is 12.4. The molecule has 1 aromatic carbocycles. The summed E-state index contributed by atoms with van der Waals surface area (Å²) in [5.41, 5.74) is 2.50. The molecular weight excluding hydrogens is 336 g/mol. The molecule has 3 rings (SSSR count). The second kappa shape index (κ2) is 7.78. The molecule has 1 aromatic heterocycles. The van der Waals surface area contributed by atoms with Crippen molar-refractivity contribution in [3.63, 3.8) is 0 Å². The topological polar surface area (TPSA) is 53.8 Å². The number of benzene rings is 1. The van der Waals surface area contributed by atoms with Crippen LogP contribution in [0, 0.1) is 13.8 Å². The van der Waals surface area contributed by atoms with Crippen LogP contribution in [0.2, 0.25) is 0 Å². The Bertz CT molecular complexity index is 750. The van der Waals surface area contributed by atoms with Crippen LogP contribution >= 0.6 is 11.8 Å². The van der Waals surface area contributed by atoms with E-state index in [1.807, 2.05) is 4.90 Å². The predicted molar refractivity (Wildman–Crippen MR) is 97.8 cm³/mol. The summed E-state index contributed by atoms with van der Waals surface area (Å²) in [5, 5.41) is 0. The van der Waals surface area contributed by atoms with Gasteiger partial charge in [-0.1, -0.05) is 6.07 Å². The second-order valence-corrected chi connectivity index (χ2v) is 7.23. The molecule has 5 nitrogen and oxygen atoms in total. The molecule has 6 heteroatoms. The number of amides is 2. The van der Waals surface area contributed by atoms with Gasteiger partial charge in [-0.2, -0.15) is 0 Å². The van der Waals surface area contributed by atoms with Gasteiger partial charge in [-0.25, -0.2) is 0 Å². The number of furan rings is 1. The molecule has 0 N–H and O–H groups in total. The number of piperazine rings is 1. The van der Waals surface area contributed by atoms with Gasteiger partial charge >= 0.3 is 0 Å². The molecule has 0 atom stereocenters. The molecule has 2 heterocycles. The van der Waals surface area contributed by atoms with E-state index >= 15 is 0 Å². The fourth-order valence-electron chi connectivity index (χ4n) is 2.76. The number of thioether (sulfide) groups is 1. The Morgan fingerprint density at radius 3 is 2.40 bits per heavy atom. The van der Waals surface area contributed by atoms with Crippen LogP contribution in [0.3, 0.4) is 0 Å². The summed E-state index contributed by atoms with van der Waals surface area (Å²) in [6.45, 7) is 6.38. The van der Waals surface area contributed by atoms with Crippen molar-refractivity contribution in [1.82, 2.24) is 9.80 Å². The summed E-state index contributed by atoms with van der Waals surface area (Å²) >= 11 is 1.56. The smallest absolute Gasteiger partial charge is 0.289 e. The normalized spacial score (nSPS) is 14.6. The highest BCUT2D eigenvalue weighted by molar-refractivity contribution is 8.00. The molecule has 1 saturated heterocycles. The third kappa shape index (κ3) is 4.25. The molecule has 25 heavy (non-hydrogen) atoms. The number of carbonyl (C=O) groups is 2. The van der Waals surface area contributed by atoms with Crippen molar-refractivity contribution in [1.29, 1.82) is 0 Å². The van der Waals surface area contributed by atoms with Crippen LogP contribution < -0.4 is 0 Å². The van der Waals surface area contributed by atoms with Crippen LogP contribution in [0.4, 0.5) is 0 Å². The lowest BCUT2D eigenvalue weighted by molar-refractivity contribution is -0.129. The van der Waals surface area contributed by atoms with E-state index in [0.29, 0.717) is 37.7 Å². The van der Waals surface area contributed by atoms with E-state index in [0.717, 1.165) is 4.90 Å². The van der Waals surface area contributed by atoms with Crippen molar-refractivity contribution in [3.8, 4) is 0 Å². The zero-order valence-corrected chi connectivity index (χ0v) is 15.3. The molecule has 0 bridgehead atoms. The van der Waals surface area contributed by atoms with Gasteiger partial charge in [0.15, 0.2) is 5.76 Å². The summed E-state index contributed by atoms with van der Waals surface area (Å²) in [7, 11) is 0. The first-order valence-corrected chi connectivity index (χ1v) is 9.34. The molecule has 1 aliphatic rings. The average molecular weight is 358 g/mol. The highest BCUT2D eigenvalue weighted by Gasteiger charge is 2.25. The van der Waals surface area contributed by atoms with Gasteiger partial charge in [0.2, 0.25) is 5.91 Å². The number of carbonyl (C=O) groups excluding carboxylic acids is 2. The molecule has 1 fully saturated rings. The van der Waals surface area contributed by atoms with Crippen LogP contribution in [0.15, 0.2) is 45.9 Å². The number of rotatable bonds is 4. The van der Waals surface area contributed by atoms with Crippen molar-refractivity contribution in [2.24, 2.45) is 0 Å². The highest BCUT2D eigenvalue weighted by Crippen LogP contribution is 2.21. The van der Waals surface area contributed by atoms with Gasteiger partial charge < -0.3 is 14.2 Å². The van der Waals surface area contributed by atoms with Gasteiger partial charge in [0.1, 0.15) is 0 Å². The Kier molecular flexibility index (Phi) is 5.48. The lowest BCUT2D eigenvalue weighted by atomic mass is 10.1. The Morgan fingerprint density at radius 2 is 1.76 bits per heavy atom. The van der Waals surface area contributed by atoms with Crippen molar-refractivity contribution in [2.45, 2.75) is 18.7 Å². The molecule has 1 aliphatic heterocycles. The summed E-state index contributed by atoms with van der Waals surface area (Å²) in [6.07, 6.45) is 1.50. The van der Waals surface area contributed by atoms with Gasteiger partial charge in [0.25, 0.3) is 5.91 Å². The first-order chi connectivity index (χ1) is 12.0. The third-order valence-corrected chi connectivity index (χ3v) is 5.47. The molecular formula is C19H22N2O3S. The minimum atomic E-state index is -0.110. The van der Waals surface area contributed by atoms with E-state index in [9.17, 15) is 9.59 Å². The van der Waals surface area contributed by atoms with Crippen LogP contribution in [0.1, 0.15) is 21.7 Å². The van der Waals surface area contributed by atoms with E-state index < -0.39 is 0 Å². The molecule has 0 unspecified atom stereocenters. The summed E-state index contributed by atoms with van der Waals surface area (Å²) < 4.78 is 5.15. The summed E-state index contributed by atoms with van der Waals surface area (Å²) in [5.74, 6) is 0.786. The molecule has 132 valence electrons. The van der Waals surface area contributed by atoms with Crippen molar-refractivity contribution in [2.75, 3.05) is 31.9 Å². The highest BCUT2D eigenvalue weighted by atomic mass is 32.2.